The maximum absolute atomic E-state index is 13.4. The molecule has 0 saturated carbocycles. The number of nitrogens with zero attached hydrogens (tertiary/aromatic N) is 2. The Bertz CT molecular complexity index is 1290. The largest absolute Gasteiger partial charge is 0.489 e. The number of nitrogens with one attached hydrogen (secondary N) is 1. The number of ether oxygens (including phenoxy) is 2. The van der Waals surface area contributed by atoms with Crippen LogP contribution in [0.25, 0.3) is 10.9 Å². The van der Waals surface area contributed by atoms with Gasteiger partial charge in [-0.15, -0.1) is 0 Å². The molecule has 1 fully saturated rings. The van der Waals surface area contributed by atoms with Gasteiger partial charge < -0.3 is 14.4 Å². The molecule has 0 spiro atoms. The van der Waals surface area contributed by atoms with Crippen LogP contribution in [0.1, 0.15) is 21.5 Å². The predicted octanol–water partition coefficient (Wildman–Crippen LogP) is 4.61. The average molecular weight is 460 g/mol. The van der Waals surface area contributed by atoms with Gasteiger partial charge in [0.05, 0.1) is 24.9 Å². The quantitative estimate of drug-likeness (QED) is 0.457. The number of carbonyl (C=O) groups is 1. The standard InChI is InChI=1S/C27H26FN3O3/c28-23-7-1-4-19(13-23)18-34-24-8-2-6-22(14-24)27(32)31-10-11-33-17-20(16-31)12-21-5-3-9-26-25(21)15-29-30-26/h1-9,13-15,20H,10-12,16-18H2,(H,29,30). The first kappa shape index (κ1) is 22.1. The zero-order valence-corrected chi connectivity index (χ0v) is 18.7. The van der Waals surface area contributed by atoms with E-state index in [0.29, 0.717) is 37.6 Å². The number of rotatable bonds is 6. The lowest BCUT2D eigenvalue weighted by atomic mass is 9.97. The highest BCUT2D eigenvalue weighted by atomic mass is 19.1. The molecule has 4 aromatic rings. The average Bonchev–Trinajstić information content (AvgIpc) is 3.22. The van der Waals surface area contributed by atoms with Gasteiger partial charge in [0.25, 0.3) is 5.91 Å². The van der Waals surface area contributed by atoms with Gasteiger partial charge in [-0.2, -0.15) is 5.10 Å². The van der Waals surface area contributed by atoms with Gasteiger partial charge in [0.2, 0.25) is 0 Å². The summed E-state index contributed by atoms with van der Waals surface area (Å²) in [4.78, 5) is 15.2. The van der Waals surface area contributed by atoms with Crippen LogP contribution in [0.5, 0.6) is 5.75 Å². The summed E-state index contributed by atoms with van der Waals surface area (Å²) in [7, 11) is 0. The van der Waals surface area contributed by atoms with Crippen molar-refractivity contribution in [3.8, 4) is 5.75 Å². The van der Waals surface area contributed by atoms with E-state index in [1.165, 1.54) is 17.7 Å². The zero-order valence-electron chi connectivity index (χ0n) is 18.7. The predicted molar refractivity (Wildman–Crippen MR) is 127 cm³/mol. The highest BCUT2D eigenvalue weighted by Gasteiger charge is 2.24. The minimum absolute atomic E-state index is 0.0479. The highest BCUT2D eigenvalue weighted by molar-refractivity contribution is 5.94. The van der Waals surface area contributed by atoms with E-state index in [-0.39, 0.29) is 24.2 Å². The minimum Gasteiger partial charge on any atom is -0.489 e. The van der Waals surface area contributed by atoms with Crippen LogP contribution in [-0.4, -0.2) is 47.3 Å². The molecule has 0 bridgehead atoms. The number of hydrogen-bond donors (Lipinski definition) is 1. The summed E-state index contributed by atoms with van der Waals surface area (Å²) in [6.07, 6.45) is 2.65. The Hall–Kier alpha value is -3.71. The van der Waals surface area contributed by atoms with Crippen LogP contribution in [0.2, 0.25) is 0 Å². The number of carbonyl (C=O) groups excluding carboxylic acids is 1. The Morgan fingerprint density at radius 2 is 2.03 bits per heavy atom. The lowest BCUT2D eigenvalue weighted by Gasteiger charge is -2.24. The molecule has 6 nitrogen and oxygen atoms in total. The van der Waals surface area contributed by atoms with Crippen LogP contribution in [0.3, 0.4) is 0 Å². The molecule has 1 amide bonds. The third-order valence-corrected chi connectivity index (χ3v) is 6.08. The third kappa shape index (κ3) is 5.10. The number of benzene rings is 3. The topological polar surface area (TPSA) is 67.4 Å². The second-order valence-electron chi connectivity index (χ2n) is 8.59. The van der Waals surface area contributed by atoms with E-state index >= 15 is 0 Å². The van der Waals surface area contributed by atoms with Gasteiger partial charge in [-0.1, -0.05) is 30.3 Å². The molecule has 7 heteroatoms. The summed E-state index contributed by atoms with van der Waals surface area (Å²) in [6, 6.07) is 19.6. The Morgan fingerprint density at radius 3 is 2.94 bits per heavy atom. The number of amides is 1. The van der Waals surface area contributed by atoms with Crippen LogP contribution in [0, 0.1) is 11.7 Å². The second-order valence-corrected chi connectivity index (χ2v) is 8.59. The maximum atomic E-state index is 13.4. The van der Waals surface area contributed by atoms with Crippen molar-refractivity contribution in [1.82, 2.24) is 15.1 Å². The number of aromatic amines is 1. The van der Waals surface area contributed by atoms with Crippen molar-refractivity contribution in [2.45, 2.75) is 13.0 Å². The number of hydrogen-bond acceptors (Lipinski definition) is 4. The summed E-state index contributed by atoms with van der Waals surface area (Å²) in [5.74, 6) is 0.406. The van der Waals surface area contributed by atoms with Gasteiger partial charge in [0, 0.05) is 30.0 Å². The second kappa shape index (κ2) is 10.1. The van der Waals surface area contributed by atoms with Gasteiger partial charge in [0.15, 0.2) is 0 Å². The number of aromatic nitrogens is 2. The van der Waals surface area contributed by atoms with Gasteiger partial charge in [-0.05, 0) is 53.9 Å². The van der Waals surface area contributed by atoms with E-state index in [1.54, 1.807) is 36.4 Å². The van der Waals surface area contributed by atoms with Crippen molar-refractivity contribution in [2.24, 2.45) is 5.92 Å². The lowest BCUT2D eigenvalue weighted by Crippen LogP contribution is -2.36. The minimum atomic E-state index is -0.299. The van der Waals surface area contributed by atoms with Crippen LogP contribution < -0.4 is 4.74 Å². The van der Waals surface area contributed by atoms with Crippen molar-refractivity contribution >= 4 is 16.8 Å². The van der Waals surface area contributed by atoms with Crippen LogP contribution in [-0.2, 0) is 17.8 Å². The fourth-order valence-electron chi connectivity index (χ4n) is 4.40. The van der Waals surface area contributed by atoms with Crippen LogP contribution >= 0.6 is 0 Å². The smallest absolute Gasteiger partial charge is 0.254 e. The first-order chi connectivity index (χ1) is 16.7. The number of halogens is 1. The highest BCUT2D eigenvalue weighted by Crippen LogP contribution is 2.23. The fraction of sp³-hybridized carbons (Fsp3) is 0.259. The van der Waals surface area contributed by atoms with E-state index in [0.717, 1.165) is 22.9 Å². The van der Waals surface area contributed by atoms with E-state index in [4.69, 9.17) is 9.47 Å². The summed E-state index contributed by atoms with van der Waals surface area (Å²) in [6.45, 7) is 2.50. The first-order valence-corrected chi connectivity index (χ1v) is 11.4. The van der Waals surface area contributed by atoms with Crippen molar-refractivity contribution < 1.29 is 18.7 Å². The lowest BCUT2D eigenvalue weighted by molar-refractivity contribution is 0.0737. The molecule has 1 atom stereocenters. The van der Waals surface area contributed by atoms with Gasteiger partial charge in [0.1, 0.15) is 18.2 Å². The summed E-state index contributed by atoms with van der Waals surface area (Å²) in [5, 5.41) is 8.27. The van der Waals surface area contributed by atoms with E-state index in [9.17, 15) is 9.18 Å². The first-order valence-electron chi connectivity index (χ1n) is 11.4. The van der Waals surface area contributed by atoms with Crippen molar-refractivity contribution in [3.63, 3.8) is 0 Å². The number of fused-ring (bicyclic) bond motifs is 1. The van der Waals surface area contributed by atoms with Crippen LogP contribution in [0.15, 0.2) is 72.9 Å². The van der Waals surface area contributed by atoms with Gasteiger partial charge in [-0.25, -0.2) is 4.39 Å². The van der Waals surface area contributed by atoms with Crippen molar-refractivity contribution in [2.75, 3.05) is 26.3 Å². The van der Waals surface area contributed by atoms with Gasteiger partial charge >= 0.3 is 0 Å². The Morgan fingerprint density at radius 1 is 1.15 bits per heavy atom. The molecule has 1 aliphatic heterocycles. The Balaban J connectivity index is 1.26. The molecule has 1 aliphatic rings. The molecule has 1 aromatic heterocycles. The third-order valence-electron chi connectivity index (χ3n) is 6.08. The molecular weight excluding hydrogens is 433 g/mol. The Kier molecular flexibility index (Phi) is 6.53. The van der Waals surface area contributed by atoms with Crippen molar-refractivity contribution in [3.05, 3.63) is 95.4 Å². The van der Waals surface area contributed by atoms with E-state index in [1.807, 2.05) is 23.2 Å². The Labute approximate surface area is 197 Å². The molecule has 0 aliphatic carbocycles. The van der Waals surface area contributed by atoms with E-state index < -0.39 is 0 Å². The molecule has 0 radical (unpaired) electrons. The molecule has 1 N–H and O–H groups in total. The zero-order chi connectivity index (χ0) is 23.3. The molecule has 1 saturated heterocycles. The summed E-state index contributed by atoms with van der Waals surface area (Å²) >= 11 is 0. The molecule has 1 unspecified atom stereocenters. The molecule has 5 rings (SSSR count). The molecule has 34 heavy (non-hydrogen) atoms. The number of H-pyrrole nitrogens is 1. The van der Waals surface area contributed by atoms with Crippen LogP contribution in [0.4, 0.5) is 4.39 Å². The molecular formula is C27H26FN3O3. The summed E-state index contributed by atoms with van der Waals surface area (Å²) in [5.41, 5.74) is 3.50. The fourth-order valence-corrected chi connectivity index (χ4v) is 4.40. The summed E-state index contributed by atoms with van der Waals surface area (Å²) < 4.78 is 25.1. The van der Waals surface area contributed by atoms with Crippen molar-refractivity contribution in [1.29, 1.82) is 0 Å². The molecule has 2 heterocycles. The monoisotopic (exact) mass is 459 g/mol. The molecule has 174 valence electrons. The normalized spacial score (nSPS) is 16.4. The maximum Gasteiger partial charge on any atom is 0.254 e. The SMILES string of the molecule is O=C(c1cccc(OCc2cccc(F)c2)c1)N1CCOCC(Cc2cccc3[nH]ncc23)C1. The van der Waals surface area contributed by atoms with Gasteiger partial charge in [-0.3, -0.25) is 9.89 Å². The van der Waals surface area contributed by atoms with E-state index in [2.05, 4.69) is 16.3 Å². The molecule has 3 aromatic carbocycles.